The Labute approximate surface area is 891 Å². The molecule has 0 unspecified atom stereocenters. The number of carbonyl (C=O) groups excluding carboxylic acids is 2. The molecule has 3 saturated heterocycles. The fourth-order valence-electron chi connectivity index (χ4n) is 13.7. The van der Waals surface area contributed by atoms with Crippen LogP contribution in [0.1, 0.15) is 474 Å². The minimum atomic E-state index is 0. The van der Waals surface area contributed by atoms with Gasteiger partial charge in [0.15, 0.2) is 5.69 Å². The summed E-state index contributed by atoms with van der Waals surface area (Å²) in [7, 11) is 2.19. The van der Waals surface area contributed by atoms with Gasteiger partial charge >= 0.3 is 0 Å². The highest BCUT2D eigenvalue weighted by atomic mass is 16.1. The van der Waals surface area contributed by atoms with Crippen molar-refractivity contribution in [2.24, 2.45) is 32.2 Å². The summed E-state index contributed by atoms with van der Waals surface area (Å²) in [6.07, 6.45) is 35.3. The lowest BCUT2D eigenvalue weighted by Gasteiger charge is -2.41. The molecule has 0 spiro atoms. The monoisotopic (exact) mass is 2020 g/mol. The van der Waals surface area contributed by atoms with Crippen molar-refractivity contribution in [3.63, 3.8) is 0 Å². The number of ketones is 2. The van der Waals surface area contributed by atoms with E-state index in [1.807, 2.05) is 114 Å². The topological polar surface area (TPSA) is 269 Å². The second-order valence-corrected chi connectivity index (χ2v) is 52.7. The van der Waals surface area contributed by atoms with Gasteiger partial charge in [-0.15, -0.1) is 0 Å². The smallest absolute Gasteiger partial charge is 0.158 e. The number of hydrogen-bond donors (Lipinski definition) is 3. The van der Waals surface area contributed by atoms with Crippen LogP contribution in [0, 0.1) is 62.2 Å². The van der Waals surface area contributed by atoms with Gasteiger partial charge in [-0.25, -0.2) is 34.6 Å². The van der Waals surface area contributed by atoms with Crippen molar-refractivity contribution in [3.05, 3.63) is 127 Å². The van der Waals surface area contributed by atoms with Gasteiger partial charge < -0.3 is 48.6 Å². The number of aromatic amines is 1. The lowest BCUT2D eigenvalue weighted by Crippen LogP contribution is -2.52. The molecule has 0 amide bonds. The van der Waals surface area contributed by atoms with Crippen molar-refractivity contribution in [1.29, 1.82) is 5.26 Å². The van der Waals surface area contributed by atoms with E-state index >= 15 is 0 Å². The summed E-state index contributed by atoms with van der Waals surface area (Å²) in [6.45, 7) is 124. The first-order valence-corrected chi connectivity index (χ1v) is 51.5. The molecule has 4 aliphatic heterocycles. The molecule has 11 heterocycles. The number of H-pyrrole nitrogens is 1. The maximum atomic E-state index is 10.8. The predicted octanol–water partition coefficient (Wildman–Crippen LogP) is 30.1. The Morgan fingerprint density at radius 1 is 0.479 bits per heavy atom. The summed E-state index contributed by atoms with van der Waals surface area (Å²) in [6, 6.07) is 6.08. The number of piperazine rings is 1. The fourth-order valence-corrected chi connectivity index (χ4v) is 13.7. The lowest BCUT2D eigenvalue weighted by atomic mass is 9.89. The second-order valence-electron chi connectivity index (χ2n) is 52.7. The Bertz CT molecular complexity index is 4270. The van der Waals surface area contributed by atoms with Gasteiger partial charge in [0.25, 0.3) is 0 Å². The number of likely N-dealkylation sites (tertiary alicyclic amines) is 2. The van der Waals surface area contributed by atoms with Crippen molar-refractivity contribution in [1.82, 2.24) is 92.4 Å². The minimum absolute atomic E-state index is 0. The predicted molar refractivity (Wildman–Crippen MR) is 633 cm³/mol. The fraction of sp³-hybridized carbons (Fsp3) is 0.782. The van der Waals surface area contributed by atoms with E-state index in [0.717, 1.165) is 54.8 Å². The number of likely N-dealkylation sites (N-methyl/N-ethyl adjacent to an activating group) is 1. The number of aryl methyl sites for hydroxylation is 5. The molecule has 3 fully saturated rings. The molecular formula is C119H239N23O2. The van der Waals surface area contributed by atoms with Gasteiger partial charge in [-0.1, -0.05) is 140 Å². The molecule has 4 aliphatic rings. The van der Waals surface area contributed by atoms with Crippen LogP contribution in [0.3, 0.4) is 0 Å². The molecule has 7 aromatic heterocycles. The van der Waals surface area contributed by atoms with Crippen LogP contribution in [0.25, 0.3) is 0 Å². The zero-order chi connectivity index (χ0) is 110. The van der Waals surface area contributed by atoms with Crippen molar-refractivity contribution in [2.75, 3.05) is 66.0 Å². The van der Waals surface area contributed by atoms with Crippen LogP contribution in [0.2, 0.25) is 0 Å². The molecule has 0 atom stereocenters. The number of rotatable bonds is 5. The van der Waals surface area contributed by atoms with E-state index in [1.54, 1.807) is 38.3 Å². The number of piperidine rings is 1. The number of nitrogens with two attached hydrogens (primary N) is 1. The summed E-state index contributed by atoms with van der Waals surface area (Å²) >= 11 is 0. The Morgan fingerprint density at radius 3 is 1.11 bits per heavy atom. The normalized spacial score (nSPS) is 14.2. The molecule has 0 radical (unpaired) electrons. The summed E-state index contributed by atoms with van der Waals surface area (Å²) in [5.74, 6) is 4.97. The van der Waals surface area contributed by atoms with Crippen LogP contribution in [0.15, 0.2) is 97.1 Å². The van der Waals surface area contributed by atoms with Crippen LogP contribution >= 0.6 is 0 Å². The quantitative estimate of drug-likeness (QED) is 0.145. The Kier molecular flexibility index (Phi) is 73.7. The van der Waals surface area contributed by atoms with Gasteiger partial charge in [0.2, 0.25) is 0 Å². The SMILES string of the molecule is C.C.C.C.C.CC(=O)CCC(C)(C)C.CC(C)(C)C1=NN=CC1.CC(C)(C)N.CC(C)(C)N1CCCC1.CC(C)(C)N1CCCCC1.CC(C)(C)c1ncc[nH]1.CC(C)(C)n1cccc1.CC(C)(C)n1cnc(C#N)c1.CC(C)(C)n1cncn1.CCC(=O)CC(C)(C)C.CCNC(C)(C)C.CN1CCN(C(C)(C)C)CC1.Cc1cn(C(C)(C)C)c(C)n1.Cc1cnc(C)n1C(C)(C)C.Cc1nccn1C(C)(C)C. The molecular weight excluding hydrogens is 1780 g/mol. The van der Waals surface area contributed by atoms with Gasteiger partial charge in [-0.3, -0.25) is 19.5 Å². The zero-order valence-electron chi connectivity index (χ0n) is 100. The number of carbonyl (C=O) groups is 2. The Hall–Kier alpha value is -7.60. The summed E-state index contributed by atoms with van der Waals surface area (Å²) in [5, 5.41) is 23.6. The number of nitriles is 1. The van der Waals surface area contributed by atoms with E-state index in [2.05, 4.69) is 424 Å². The maximum absolute atomic E-state index is 10.8. The number of Topliss-reactive ketones (excluding diaryl/α,β-unsaturated/α-hetero) is 2. The van der Waals surface area contributed by atoms with Gasteiger partial charge in [0, 0.05) is 186 Å². The van der Waals surface area contributed by atoms with Crippen LogP contribution in [-0.2, 0) is 48.2 Å². The molecule has 144 heavy (non-hydrogen) atoms. The average Bonchev–Trinajstić information content (AvgIpc) is 1.68. The first-order chi connectivity index (χ1) is 62.5. The zero-order valence-corrected chi connectivity index (χ0v) is 100. The third kappa shape index (κ3) is 78.6. The van der Waals surface area contributed by atoms with Gasteiger partial charge in [-0.05, 0) is 365 Å². The molecule has 0 saturated carbocycles. The van der Waals surface area contributed by atoms with E-state index in [1.165, 1.54) is 95.9 Å². The van der Waals surface area contributed by atoms with Crippen molar-refractivity contribution in [3.8, 4) is 6.07 Å². The van der Waals surface area contributed by atoms with E-state index in [0.29, 0.717) is 57.7 Å². The summed E-state index contributed by atoms with van der Waals surface area (Å²) in [5.41, 5.74) is 12.5. The van der Waals surface area contributed by atoms with Crippen LogP contribution in [0.5, 0.6) is 0 Å². The number of nitrogens with zero attached hydrogens (tertiary/aromatic N) is 20. The van der Waals surface area contributed by atoms with Gasteiger partial charge in [0.1, 0.15) is 53.6 Å². The third-order valence-corrected chi connectivity index (χ3v) is 21.5. The summed E-state index contributed by atoms with van der Waals surface area (Å²) in [4.78, 5) is 59.1. The first-order valence-electron chi connectivity index (χ1n) is 51.5. The average molecular weight is 2020 g/mol. The van der Waals surface area contributed by atoms with Crippen LogP contribution in [-0.4, -0.2) is 204 Å². The molecule has 25 nitrogen and oxygen atoms in total. The van der Waals surface area contributed by atoms with Crippen molar-refractivity contribution >= 4 is 23.5 Å². The Morgan fingerprint density at radius 2 is 0.924 bits per heavy atom. The largest absolute Gasteiger partial charge is 0.349 e. The Balaban J connectivity index is -0.000000194. The molecule has 25 heteroatoms. The highest BCUT2D eigenvalue weighted by Gasteiger charge is 2.28. The lowest BCUT2D eigenvalue weighted by molar-refractivity contribution is -0.120. The molecule has 0 aliphatic carbocycles. The molecule has 842 valence electrons. The van der Waals surface area contributed by atoms with Crippen molar-refractivity contribution in [2.45, 2.75) is 535 Å². The number of aromatic nitrogens is 14. The minimum Gasteiger partial charge on any atom is -0.349 e. The molecule has 11 rings (SSSR count). The maximum Gasteiger partial charge on any atom is 0.158 e. The molecule has 7 aromatic rings. The third-order valence-electron chi connectivity index (χ3n) is 21.5. The molecule has 4 N–H and O–H groups in total. The van der Waals surface area contributed by atoms with E-state index in [4.69, 9.17) is 11.0 Å². The highest BCUT2D eigenvalue weighted by molar-refractivity contribution is 6.01. The van der Waals surface area contributed by atoms with Crippen LogP contribution < -0.4 is 11.1 Å². The number of imidazole rings is 5. The summed E-state index contributed by atoms with van der Waals surface area (Å²) < 4.78 is 12.5. The van der Waals surface area contributed by atoms with Gasteiger partial charge in [0.05, 0.1) is 23.3 Å². The van der Waals surface area contributed by atoms with E-state index in [9.17, 15) is 9.59 Å². The second kappa shape index (κ2) is 68.9. The first kappa shape index (κ1) is 154. The van der Waals surface area contributed by atoms with Crippen LogP contribution in [0.4, 0.5) is 0 Å². The van der Waals surface area contributed by atoms with Gasteiger partial charge in [-0.2, -0.15) is 20.6 Å². The standard InChI is InChI=1S/C9H20N2.2C9H16N2.C9H19N.C8H11N3.C8H14N2.C8H17N.C8H13N.2C8H16O.2C7H12N2.C6H11N3.C6H15N.C4H11N.5CH4/c1-9(2,3)11-7-5-10(4)6-8-11;1-7-6-11(8(2)10-7)9(3,4)5;1-7-6-10-8(2)11(7)9(3,4)5;1-9(2,3)10-7-5-4-6-8-10;1-8(2,3)11-5-7(4-9)10-6-11;1-7-9-5-6-10(7)8(2,3)4;2*1-8(2,3)9-6-4-5-7-9;1-7(9)5-6-8(2,3)4;1-5-7(9)6-8(2,3)4;1-7(2,3)6-8-4-5-9-6;1-7(2,3)6-4-5-8-9-6;1-6(2,3)9-5-7-4-8-9;1-5-7-6(2,3)4;1-4(2,3)5;;;;;/h5-8H2,1-4H3;2*6H,1-5H3;4-8H2,1-3H3;5-6H,1-3H3;5-6H,1-4H3;4-7H2,1-3H3;4-7H,1-3H3;2*5-6H2,1-4H3;4-5H,1-3H3,(H,8,9);5H,4H2,1-3H3;4-5H,1-3H3;7H,5H2,1-4H3;5H2,1-3H3;5*1H4. The molecule has 0 aromatic carbocycles. The number of hydrogen-bond acceptors (Lipinski definition) is 18. The number of nitrogens with one attached hydrogen (secondary N) is 2. The highest BCUT2D eigenvalue weighted by Crippen LogP contribution is 2.27. The van der Waals surface area contributed by atoms with E-state index < -0.39 is 0 Å². The molecule has 0 bridgehead atoms. The van der Waals surface area contributed by atoms with E-state index in [-0.39, 0.29) is 92.2 Å². The van der Waals surface area contributed by atoms with Crippen molar-refractivity contribution < 1.29 is 9.59 Å².